The standard InChI is InChI=1S/C48H58N2Si.C44H58N2Si.C43H56N2Si/c1-47(2,3)50(37-26-18-11-19-27-37)51(6,7)46-33-40(34-20-12-8-13-21-34)41-32-45-42(31-43(41)46)39-29-28-38(30-44(39)48(45,4)5)49(35-22-14-9-15-23-35)36-24-16-10-17-25-36;1-30-31(2)42(47(8,9)46(43(3,4)5)34-23-17-12-18-24-34)39-28-38-36-26-25-35(27-40(36)44(6,7)41(38)29-37(30)39)45(32-19-13-10-14-20-32)33-21-15-11-16-22-33;1-30-26-31-27-39-38(29-37(31)41(30)46(7,8)45(42(2,3)4)34-22-16-11-17-23-34)36-25-24-35(28-40(36)43(39,5)6)44(32-18-12-9-13-19-32)33-20-14-10-15-21-33/h8-10,12-17,20-25,28-32,37,40-41,43,46H,11,18-19,26-27,33H2,1-7H3;10-11,13-16,19-22,25-31,34,37,39,42H,12,17-18,23-24H2,1-9H3;9-10,12-15,18-21,24-25,27-31,34,37,41H,11,16-17,22-23,26H2,1-8H3. The normalized spacial score (nSPS) is 25.8. The molecule has 0 spiro atoms. The molecule has 6 nitrogen and oxygen atoms in total. The molecule has 13 atom stereocenters. The highest BCUT2D eigenvalue weighted by molar-refractivity contribution is 6.77. The maximum absolute atomic E-state index is 3.13. The van der Waals surface area contributed by atoms with Crippen molar-refractivity contribution in [2.45, 2.75) is 347 Å². The molecule has 144 heavy (non-hydrogen) atoms. The molecule has 12 aliphatic rings. The largest absolute Gasteiger partial charge is 0.316 e. The Kier molecular flexibility index (Phi) is 28.0. The number of benzene rings is 10. The molecule has 0 bridgehead atoms. The quantitative estimate of drug-likeness (QED) is 0.0746. The Morgan fingerprint density at radius 2 is 0.562 bits per heavy atom. The molecule has 0 radical (unpaired) electrons. The predicted octanol–water partition coefficient (Wildman–Crippen LogP) is 37.5. The summed E-state index contributed by atoms with van der Waals surface area (Å²) in [6.45, 7) is 61.7. The van der Waals surface area contributed by atoms with Gasteiger partial charge < -0.3 is 28.4 Å². The van der Waals surface area contributed by atoms with Gasteiger partial charge in [-0.3, -0.25) is 0 Å². The molecule has 0 N–H and O–H groups in total. The van der Waals surface area contributed by atoms with Crippen molar-refractivity contribution < 1.29 is 0 Å². The fourth-order valence-corrected chi connectivity index (χ4v) is 50.8. The van der Waals surface area contributed by atoms with Crippen molar-refractivity contribution in [2.24, 2.45) is 53.3 Å². The molecule has 754 valence electrons. The molecule has 0 amide bonds. The maximum Gasteiger partial charge on any atom is 0.127 e. The van der Waals surface area contributed by atoms with Crippen molar-refractivity contribution >= 4 is 92.6 Å². The van der Waals surface area contributed by atoms with Crippen molar-refractivity contribution in [3.05, 3.63) is 359 Å². The van der Waals surface area contributed by atoms with E-state index in [4.69, 9.17) is 0 Å². The summed E-state index contributed by atoms with van der Waals surface area (Å²) in [5, 5.41) is 0. The topological polar surface area (TPSA) is 19.4 Å². The zero-order chi connectivity index (χ0) is 101. The zero-order valence-electron chi connectivity index (χ0n) is 92.3. The molecule has 9 heteroatoms. The number of fused-ring (bicyclic) bond motifs is 12. The van der Waals surface area contributed by atoms with Crippen LogP contribution in [0.15, 0.2) is 320 Å². The molecule has 6 fully saturated rings. The second-order valence-electron chi connectivity index (χ2n) is 52.4. The fourth-order valence-electron chi connectivity index (χ4n) is 33.3. The number of nitrogens with zero attached hydrogens (tertiary/aromatic N) is 6. The molecule has 0 aromatic heterocycles. The van der Waals surface area contributed by atoms with E-state index in [9.17, 15) is 0 Å². The average molecular weight is 1960 g/mol. The van der Waals surface area contributed by atoms with Crippen LogP contribution in [-0.4, -0.2) is 73.1 Å². The molecule has 0 heterocycles. The van der Waals surface area contributed by atoms with E-state index in [1.807, 2.05) is 0 Å². The minimum Gasteiger partial charge on any atom is -0.316 e. The van der Waals surface area contributed by atoms with Crippen LogP contribution in [0.25, 0.3) is 16.7 Å². The van der Waals surface area contributed by atoms with Gasteiger partial charge >= 0.3 is 0 Å². The van der Waals surface area contributed by atoms with Crippen molar-refractivity contribution in [3.63, 3.8) is 0 Å². The Morgan fingerprint density at radius 1 is 0.271 bits per heavy atom. The van der Waals surface area contributed by atoms with Gasteiger partial charge in [0.05, 0.1) is 0 Å². The first kappa shape index (κ1) is 102. The first-order chi connectivity index (χ1) is 68.7. The summed E-state index contributed by atoms with van der Waals surface area (Å²) < 4.78 is 9.39. The third kappa shape index (κ3) is 18.6. The zero-order valence-corrected chi connectivity index (χ0v) is 95.3. The highest BCUT2D eigenvalue weighted by Crippen LogP contribution is 2.68. The summed E-state index contributed by atoms with van der Waals surface area (Å²) in [7, 11) is -5.59. The smallest absolute Gasteiger partial charge is 0.127 e. The average Bonchev–Trinajstić information content (AvgIpc) is 1.55. The minimum absolute atomic E-state index is 0.0188. The van der Waals surface area contributed by atoms with Crippen molar-refractivity contribution in [3.8, 4) is 0 Å². The summed E-state index contributed by atoms with van der Waals surface area (Å²) in [6, 6.07) is 101. The Balaban J connectivity index is 0.000000132. The summed E-state index contributed by atoms with van der Waals surface area (Å²) in [5.74, 6) is 6.31. The summed E-state index contributed by atoms with van der Waals surface area (Å²) in [6.07, 6.45) is 40.3. The van der Waals surface area contributed by atoms with E-state index in [0.29, 0.717) is 52.9 Å². The second-order valence-corrected chi connectivity index (χ2v) is 65.9. The lowest BCUT2D eigenvalue weighted by Gasteiger charge is -2.56. The number of anilines is 9. The van der Waals surface area contributed by atoms with E-state index >= 15 is 0 Å². The first-order valence-corrected chi connectivity index (χ1v) is 65.7. The number of allylic oxidation sites excluding steroid dienone is 12. The number of rotatable bonds is 19. The highest BCUT2D eigenvalue weighted by Gasteiger charge is 2.62. The third-order valence-corrected chi connectivity index (χ3v) is 52.8. The lowest BCUT2D eigenvalue weighted by Crippen LogP contribution is -2.65. The van der Waals surface area contributed by atoms with Gasteiger partial charge in [-0.1, -0.05) is 354 Å². The molecule has 0 aliphatic heterocycles. The Labute approximate surface area is 873 Å². The van der Waals surface area contributed by atoms with Crippen LogP contribution in [0, 0.1) is 53.3 Å². The second kappa shape index (κ2) is 39.6. The van der Waals surface area contributed by atoms with Crippen LogP contribution in [0.2, 0.25) is 55.9 Å². The summed E-state index contributed by atoms with van der Waals surface area (Å²) in [5.41, 5.74) is 33.0. The maximum atomic E-state index is 3.13. The van der Waals surface area contributed by atoms with Crippen LogP contribution in [-0.2, 0) is 16.2 Å². The van der Waals surface area contributed by atoms with Crippen molar-refractivity contribution in [2.75, 3.05) is 14.7 Å². The molecule has 10 aromatic rings. The van der Waals surface area contributed by atoms with Gasteiger partial charge in [0.1, 0.15) is 24.7 Å². The van der Waals surface area contributed by atoms with Gasteiger partial charge in [-0.15, -0.1) is 0 Å². The van der Waals surface area contributed by atoms with Gasteiger partial charge in [-0.25, -0.2) is 0 Å². The monoisotopic (exact) mass is 1960 g/mol. The third-order valence-electron chi connectivity index (χ3n) is 38.4. The fraction of sp³-hybridized carbons (Fsp3) is 0.467. The molecule has 6 saturated carbocycles. The Morgan fingerprint density at radius 3 is 0.896 bits per heavy atom. The predicted molar refractivity (Wildman–Crippen MR) is 627 cm³/mol. The molecular weight excluding hydrogens is 1790 g/mol. The molecule has 22 rings (SSSR count). The SMILES string of the molecule is CC1(C)C2=CC3C(c4ccccc4)CC([Si](C)(C)N(C4CCCCC4)C(C)(C)C)C3C=C2c2ccc(N(c3ccccc3)c3ccccc3)cc21.CC1C(C)C([Si](C)(C)N(C2CCCCC2)C(C)(C)C)C2C=C3C(=CC12)C(C)(C)c1cc(N(c2ccccc2)c2ccccc2)ccc13.CC1CC2C=C3C(=CC2C1[Si](C)(C)N(C1CCCCC1)C(C)(C)C)c1ccc(N(c2ccccc2)c2ccccc2)cc1C3(C)C. The molecule has 13 unspecified atom stereocenters. The molecule has 10 aromatic carbocycles. The molecule has 12 aliphatic carbocycles. The van der Waals surface area contributed by atoms with Crippen LogP contribution in [0.1, 0.15) is 279 Å². The highest BCUT2D eigenvalue weighted by atomic mass is 28.3. The number of para-hydroxylation sites is 6. The molecule has 0 saturated heterocycles. The van der Waals surface area contributed by atoms with E-state index < -0.39 is 24.7 Å². The van der Waals surface area contributed by atoms with Crippen LogP contribution < -0.4 is 14.7 Å². The van der Waals surface area contributed by atoms with E-state index in [2.05, 4.69) is 496 Å². The number of hydrogen-bond acceptors (Lipinski definition) is 6. The van der Waals surface area contributed by atoms with Gasteiger partial charge in [0.2, 0.25) is 0 Å². The first-order valence-electron chi connectivity index (χ1n) is 56.6. The van der Waals surface area contributed by atoms with E-state index in [0.717, 1.165) is 41.0 Å². The number of hydrogen-bond donors (Lipinski definition) is 0. The van der Waals surface area contributed by atoms with E-state index in [-0.39, 0.29) is 32.9 Å². The lowest BCUT2D eigenvalue weighted by molar-refractivity contribution is 0.138. The van der Waals surface area contributed by atoms with Crippen LogP contribution in [0.5, 0.6) is 0 Å². The Hall–Kier alpha value is -9.43. The summed E-state index contributed by atoms with van der Waals surface area (Å²) >= 11 is 0. The Bertz CT molecular complexity index is 6300. The molecular formula is C135H172N6Si3. The van der Waals surface area contributed by atoms with Gasteiger partial charge in [-0.2, -0.15) is 0 Å². The summed E-state index contributed by atoms with van der Waals surface area (Å²) in [4.78, 5) is 7.24. The van der Waals surface area contributed by atoms with Crippen molar-refractivity contribution in [1.82, 2.24) is 13.7 Å². The van der Waals surface area contributed by atoms with Gasteiger partial charge in [-0.05, 0) is 371 Å². The van der Waals surface area contributed by atoms with E-state index in [1.54, 1.807) is 16.7 Å². The van der Waals surface area contributed by atoms with Crippen LogP contribution in [0.4, 0.5) is 51.2 Å². The lowest BCUT2D eigenvalue weighted by atomic mass is 9.73. The van der Waals surface area contributed by atoms with Gasteiger partial charge in [0.15, 0.2) is 0 Å². The minimum atomic E-state index is -1.92. The van der Waals surface area contributed by atoms with E-state index in [1.165, 1.54) is 216 Å². The van der Waals surface area contributed by atoms with Gasteiger partial charge in [0, 0.05) is 102 Å². The van der Waals surface area contributed by atoms with Crippen LogP contribution in [0.3, 0.4) is 0 Å². The van der Waals surface area contributed by atoms with Crippen molar-refractivity contribution in [1.29, 1.82) is 0 Å². The van der Waals surface area contributed by atoms with Gasteiger partial charge in [0.25, 0.3) is 0 Å². The van der Waals surface area contributed by atoms with Crippen LogP contribution >= 0.6 is 0 Å².